The Hall–Kier alpha value is -1.06. The molecule has 3 nitrogen and oxygen atoms in total. The van der Waals surface area contributed by atoms with E-state index in [0.717, 1.165) is 45.0 Å². The quantitative estimate of drug-likeness (QED) is 0.656. The van der Waals surface area contributed by atoms with Crippen molar-refractivity contribution in [1.82, 2.24) is 5.32 Å². The highest BCUT2D eigenvalue weighted by Gasteiger charge is 2.10. The molecule has 1 unspecified atom stereocenters. The number of likely N-dealkylation sites (N-methyl/N-ethyl adjacent to an activating group) is 1. The summed E-state index contributed by atoms with van der Waals surface area (Å²) in [5.74, 6) is 0.940. The van der Waals surface area contributed by atoms with Crippen LogP contribution in [0.3, 0.4) is 0 Å². The summed E-state index contributed by atoms with van der Waals surface area (Å²) in [6, 6.07) is 8.57. The molecule has 1 N–H and O–H groups in total. The van der Waals surface area contributed by atoms with Crippen LogP contribution in [0.15, 0.2) is 24.3 Å². The van der Waals surface area contributed by atoms with Gasteiger partial charge in [-0.3, -0.25) is 0 Å². The van der Waals surface area contributed by atoms with Crippen LogP contribution in [0, 0.1) is 0 Å². The zero-order chi connectivity index (χ0) is 13.9. The Kier molecular flexibility index (Phi) is 8.26. The van der Waals surface area contributed by atoms with E-state index in [1.807, 2.05) is 12.1 Å². The second kappa shape index (κ2) is 9.82. The smallest absolute Gasteiger partial charge is 0.119 e. The number of hydrogen-bond acceptors (Lipinski definition) is 3. The van der Waals surface area contributed by atoms with Gasteiger partial charge in [0, 0.05) is 6.61 Å². The lowest BCUT2D eigenvalue weighted by atomic mass is 10.1. The molecular formula is C16H27NO2. The highest BCUT2D eigenvalue weighted by Crippen LogP contribution is 2.18. The summed E-state index contributed by atoms with van der Waals surface area (Å²) in [5.41, 5.74) is 1.25. The third kappa shape index (κ3) is 6.08. The van der Waals surface area contributed by atoms with Crippen LogP contribution in [-0.4, -0.2) is 26.4 Å². The van der Waals surface area contributed by atoms with Crippen LogP contribution in [0.4, 0.5) is 0 Å². The minimum atomic E-state index is 0.261. The molecule has 0 aliphatic rings. The molecule has 19 heavy (non-hydrogen) atoms. The number of nitrogens with one attached hydrogen (secondary N) is 1. The molecule has 0 bridgehead atoms. The second-order valence-corrected chi connectivity index (χ2v) is 4.60. The molecule has 0 amide bonds. The van der Waals surface area contributed by atoms with Crippen LogP contribution in [0.5, 0.6) is 5.75 Å². The van der Waals surface area contributed by atoms with Gasteiger partial charge in [-0.25, -0.2) is 0 Å². The van der Waals surface area contributed by atoms with Crippen LogP contribution in [-0.2, 0) is 4.74 Å². The number of hydrogen-bond donors (Lipinski definition) is 1. The van der Waals surface area contributed by atoms with Gasteiger partial charge in [-0.2, -0.15) is 0 Å². The molecule has 1 aromatic carbocycles. The first-order valence-corrected chi connectivity index (χ1v) is 7.35. The van der Waals surface area contributed by atoms with Gasteiger partial charge in [0.2, 0.25) is 0 Å². The van der Waals surface area contributed by atoms with Crippen molar-refractivity contribution in [3.8, 4) is 5.75 Å². The molecule has 0 aliphatic heterocycles. The van der Waals surface area contributed by atoms with Gasteiger partial charge in [0.05, 0.1) is 19.3 Å². The Morgan fingerprint density at radius 3 is 2.26 bits per heavy atom. The fourth-order valence-electron chi connectivity index (χ4n) is 1.88. The molecule has 0 radical (unpaired) electrons. The van der Waals surface area contributed by atoms with Gasteiger partial charge in [0.25, 0.3) is 0 Å². The largest absolute Gasteiger partial charge is 0.494 e. The van der Waals surface area contributed by atoms with E-state index in [1.165, 1.54) is 5.56 Å². The van der Waals surface area contributed by atoms with E-state index in [4.69, 9.17) is 9.47 Å². The third-order valence-corrected chi connectivity index (χ3v) is 2.84. The first-order valence-electron chi connectivity index (χ1n) is 7.35. The van der Waals surface area contributed by atoms with E-state index in [0.29, 0.717) is 0 Å². The van der Waals surface area contributed by atoms with Gasteiger partial charge in [0.1, 0.15) is 5.75 Å². The fraction of sp³-hybridized carbons (Fsp3) is 0.625. The minimum absolute atomic E-state index is 0.261. The lowest BCUT2D eigenvalue weighted by Crippen LogP contribution is -2.25. The molecule has 108 valence electrons. The van der Waals surface area contributed by atoms with Crippen LogP contribution >= 0.6 is 0 Å². The maximum atomic E-state index is 5.65. The summed E-state index contributed by atoms with van der Waals surface area (Å²) in [6.45, 7) is 9.61. The lowest BCUT2D eigenvalue weighted by molar-refractivity contribution is 0.112. The van der Waals surface area contributed by atoms with Gasteiger partial charge in [-0.15, -0.1) is 0 Å². The molecule has 3 heteroatoms. The van der Waals surface area contributed by atoms with Crippen molar-refractivity contribution in [3.63, 3.8) is 0 Å². The van der Waals surface area contributed by atoms with Crippen molar-refractivity contribution in [2.75, 3.05) is 26.4 Å². The molecule has 1 rings (SSSR count). The second-order valence-electron chi connectivity index (χ2n) is 4.60. The number of rotatable bonds is 10. The Balaban J connectivity index is 2.57. The third-order valence-electron chi connectivity index (χ3n) is 2.84. The van der Waals surface area contributed by atoms with E-state index >= 15 is 0 Å². The predicted molar refractivity (Wildman–Crippen MR) is 79.8 cm³/mol. The molecule has 1 atom stereocenters. The van der Waals surface area contributed by atoms with E-state index in [9.17, 15) is 0 Å². The van der Waals surface area contributed by atoms with Crippen molar-refractivity contribution in [3.05, 3.63) is 29.8 Å². The zero-order valence-corrected chi connectivity index (χ0v) is 12.4. The first kappa shape index (κ1) is 16.0. The van der Waals surface area contributed by atoms with Crippen molar-refractivity contribution in [2.45, 2.75) is 39.7 Å². The Labute approximate surface area is 117 Å². The van der Waals surface area contributed by atoms with E-state index in [-0.39, 0.29) is 6.04 Å². The minimum Gasteiger partial charge on any atom is -0.494 e. The maximum absolute atomic E-state index is 5.65. The summed E-state index contributed by atoms with van der Waals surface area (Å²) < 4.78 is 11.3. The van der Waals surface area contributed by atoms with Crippen LogP contribution in [0.2, 0.25) is 0 Å². The molecule has 0 saturated carbocycles. The number of benzene rings is 1. The Bertz CT molecular complexity index is 324. The van der Waals surface area contributed by atoms with Crippen molar-refractivity contribution in [2.24, 2.45) is 0 Å². The van der Waals surface area contributed by atoms with Crippen LogP contribution in [0.25, 0.3) is 0 Å². The summed E-state index contributed by atoms with van der Waals surface area (Å²) >= 11 is 0. The van der Waals surface area contributed by atoms with Crippen LogP contribution < -0.4 is 10.1 Å². The molecule has 0 heterocycles. The van der Waals surface area contributed by atoms with Crippen molar-refractivity contribution in [1.29, 1.82) is 0 Å². The zero-order valence-electron chi connectivity index (χ0n) is 12.4. The molecule has 0 aromatic heterocycles. The summed E-state index contributed by atoms with van der Waals surface area (Å²) in [4.78, 5) is 0. The van der Waals surface area contributed by atoms with Gasteiger partial charge < -0.3 is 14.8 Å². The van der Waals surface area contributed by atoms with Crippen LogP contribution in [0.1, 0.15) is 45.2 Å². The molecule has 0 saturated heterocycles. The fourth-order valence-corrected chi connectivity index (χ4v) is 1.88. The highest BCUT2D eigenvalue weighted by molar-refractivity contribution is 5.29. The Morgan fingerprint density at radius 1 is 1.00 bits per heavy atom. The molecule has 0 spiro atoms. The summed E-state index contributed by atoms with van der Waals surface area (Å²) in [5, 5.41) is 3.45. The van der Waals surface area contributed by atoms with Gasteiger partial charge in [-0.1, -0.05) is 32.9 Å². The molecule has 0 fully saturated rings. The molecule has 1 aromatic rings. The highest BCUT2D eigenvalue weighted by atomic mass is 16.5. The van der Waals surface area contributed by atoms with Gasteiger partial charge in [0.15, 0.2) is 0 Å². The van der Waals surface area contributed by atoms with Crippen molar-refractivity contribution < 1.29 is 9.47 Å². The topological polar surface area (TPSA) is 30.5 Å². The molecular weight excluding hydrogens is 238 g/mol. The average Bonchev–Trinajstić information content (AvgIpc) is 2.45. The maximum Gasteiger partial charge on any atom is 0.119 e. The molecule has 0 aliphatic carbocycles. The normalized spacial score (nSPS) is 12.4. The number of ether oxygens (including phenoxy) is 2. The van der Waals surface area contributed by atoms with E-state index < -0.39 is 0 Å². The standard InChI is InChI=1S/C16H27NO2/c1-4-11-18-13-16(17-6-3)14-7-9-15(10-8-14)19-12-5-2/h7-10,16-17H,4-6,11-13H2,1-3H3. The lowest BCUT2D eigenvalue weighted by Gasteiger charge is -2.18. The monoisotopic (exact) mass is 265 g/mol. The SMILES string of the molecule is CCCOCC(NCC)c1ccc(OCCC)cc1. The average molecular weight is 265 g/mol. The summed E-state index contributed by atoms with van der Waals surface area (Å²) in [7, 11) is 0. The van der Waals surface area contributed by atoms with Crippen molar-refractivity contribution >= 4 is 0 Å². The van der Waals surface area contributed by atoms with E-state index in [1.54, 1.807) is 0 Å². The van der Waals surface area contributed by atoms with E-state index in [2.05, 4.69) is 38.2 Å². The van der Waals surface area contributed by atoms with Gasteiger partial charge in [-0.05, 0) is 37.1 Å². The predicted octanol–water partition coefficient (Wildman–Crippen LogP) is 3.55. The summed E-state index contributed by atoms with van der Waals surface area (Å²) in [6.07, 6.45) is 2.09. The first-order chi connectivity index (χ1) is 9.31. The Morgan fingerprint density at radius 2 is 1.68 bits per heavy atom. The van der Waals surface area contributed by atoms with Gasteiger partial charge >= 0.3 is 0 Å².